The van der Waals surface area contributed by atoms with Crippen molar-refractivity contribution in [1.29, 1.82) is 0 Å². The van der Waals surface area contributed by atoms with Gasteiger partial charge in [-0.2, -0.15) is 0 Å². The summed E-state index contributed by atoms with van der Waals surface area (Å²) in [5.74, 6) is -0.974. The molecule has 0 heterocycles. The van der Waals surface area contributed by atoms with Crippen LogP contribution in [0.25, 0.3) is 0 Å². The summed E-state index contributed by atoms with van der Waals surface area (Å²) in [4.78, 5) is 24.2. The van der Waals surface area contributed by atoms with Crippen LogP contribution < -0.4 is 5.32 Å². The molecule has 0 radical (unpaired) electrons. The largest absolute Gasteiger partial charge is 0.480 e. The van der Waals surface area contributed by atoms with Crippen LogP contribution in [0.3, 0.4) is 0 Å². The molecule has 0 aliphatic carbocycles. The van der Waals surface area contributed by atoms with Gasteiger partial charge in [-0.1, -0.05) is 19.1 Å². The molecule has 1 aromatic carbocycles. The third kappa shape index (κ3) is 6.04. The van der Waals surface area contributed by atoms with Crippen molar-refractivity contribution in [2.75, 3.05) is 20.1 Å². The summed E-state index contributed by atoms with van der Waals surface area (Å²) in [7, 11) is 1.59. The second-order valence-electron chi connectivity index (χ2n) is 4.38. The molecule has 0 aliphatic rings. The molecule has 0 aliphatic heterocycles. The van der Waals surface area contributed by atoms with Gasteiger partial charge < -0.3 is 10.4 Å². The molecule has 0 spiro atoms. The molecule has 0 fully saturated rings. The number of nitrogens with zero attached hydrogens (tertiary/aromatic N) is 1. The number of hydrogen-bond donors (Lipinski definition) is 2. The lowest BCUT2D eigenvalue weighted by Gasteiger charge is -2.19. The van der Waals surface area contributed by atoms with Gasteiger partial charge in [-0.05, 0) is 30.7 Å². The fourth-order valence-corrected chi connectivity index (χ4v) is 1.93. The fourth-order valence-electron chi connectivity index (χ4n) is 1.93. The minimum absolute atomic E-state index is 0. The van der Waals surface area contributed by atoms with Gasteiger partial charge >= 0.3 is 5.97 Å². The van der Waals surface area contributed by atoms with Gasteiger partial charge in [0.1, 0.15) is 0 Å². The molecule has 0 saturated heterocycles. The predicted octanol–water partition coefficient (Wildman–Crippen LogP) is 1.76. The molecule has 1 aromatic rings. The van der Waals surface area contributed by atoms with Crippen LogP contribution in [0.15, 0.2) is 24.3 Å². The van der Waals surface area contributed by atoms with E-state index in [1.54, 1.807) is 19.2 Å². The number of carboxylic acids is 1. The van der Waals surface area contributed by atoms with Crippen molar-refractivity contribution >= 4 is 24.3 Å². The molecule has 0 aromatic heterocycles. The Labute approximate surface area is 125 Å². The highest BCUT2D eigenvalue weighted by Crippen LogP contribution is 2.09. The standard InChI is InChI=1S/C14H20N2O3.ClH/c1-3-7-16(10-13(17)18)9-11-5-4-6-12(8-11)14(19)15-2;/h4-6,8H,3,7,9-10H2,1-2H3,(H,15,19)(H,17,18);1H. The van der Waals surface area contributed by atoms with E-state index in [9.17, 15) is 9.59 Å². The Balaban J connectivity index is 0.00000361. The number of halogens is 1. The normalized spacial score (nSPS) is 9.95. The second kappa shape index (κ2) is 9.34. The van der Waals surface area contributed by atoms with Crippen LogP contribution in [0.2, 0.25) is 0 Å². The molecule has 0 unspecified atom stereocenters. The second-order valence-corrected chi connectivity index (χ2v) is 4.38. The first-order valence-corrected chi connectivity index (χ1v) is 6.32. The highest BCUT2D eigenvalue weighted by Gasteiger charge is 2.10. The number of nitrogens with one attached hydrogen (secondary N) is 1. The summed E-state index contributed by atoms with van der Waals surface area (Å²) in [6, 6.07) is 7.24. The molecule has 1 amide bonds. The number of carbonyl (C=O) groups excluding carboxylic acids is 1. The van der Waals surface area contributed by atoms with Gasteiger partial charge in [0.2, 0.25) is 0 Å². The summed E-state index contributed by atoms with van der Waals surface area (Å²) in [5.41, 5.74) is 1.53. The van der Waals surface area contributed by atoms with Crippen LogP contribution in [0.5, 0.6) is 0 Å². The summed E-state index contributed by atoms with van der Waals surface area (Å²) in [6.07, 6.45) is 0.891. The smallest absolute Gasteiger partial charge is 0.317 e. The number of aliphatic carboxylic acids is 1. The van der Waals surface area contributed by atoms with E-state index < -0.39 is 5.97 Å². The lowest BCUT2D eigenvalue weighted by molar-refractivity contribution is -0.138. The minimum atomic E-state index is -0.837. The Bertz CT molecular complexity index is 452. The lowest BCUT2D eigenvalue weighted by atomic mass is 10.1. The van der Waals surface area contributed by atoms with Crippen LogP contribution in [0.4, 0.5) is 0 Å². The zero-order valence-electron chi connectivity index (χ0n) is 11.8. The Morgan fingerprint density at radius 1 is 1.35 bits per heavy atom. The minimum Gasteiger partial charge on any atom is -0.480 e. The average molecular weight is 301 g/mol. The maximum atomic E-state index is 11.5. The first kappa shape index (κ1) is 18.4. The van der Waals surface area contributed by atoms with Crippen LogP contribution in [0.1, 0.15) is 29.3 Å². The van der Waals surface area contributed by atoms with Crippen molar-refractivity contribution in [3.8, 4) is 0 Å². The van der Waals surface area contributed by atoms with E-state index in [1.165, 1.54) is 0 Å². The molecule has 0 saturated carbocycles. The molecule has 6 heteroatoms. The van der Waals surface area contributed by atoms with Gasteiger partial charge in [0.25, 0.3) is 5.91 Å². The molecule has 112 valence electrons. The molecule has 5 nitrogen and oxygen atoms in total. The number of benzene rings is 1. The Morgan fingerprint density at radius 2 is 2.05 bits per heavy atom. The van der Waals surface area contributed by atoms with E-state index in [0.29, 0.717) is 12.1 Å². The van der Waals surface area contributed by atoms with Crippen molar-refractivity contribution < 1.29 is 14.7 Å². The van der Waals surface area contributed by atoms with Gasteiger partial charge in [0.15, 0.2) is 0 Å². The number of rotatable bonds is 7. The molecule has 0 bridgehead atoms. The molecule has 0 atom stereocenters. The van der Waals surface area contributed by atoms with E-state index in [2.05, 4.69) is 5.32 Å². The summed E-state index contributed by atoms with van der Waals surface area (Å²) < 4.78 is 0. The van der Waals surface area contributed by atoms with E-state index in [-0.39, 0.29) is 24.9 Å². The fraction of sp³-hybridized carbons (Fsp3) is 0.429. The first-order valence-electron chi connectivity index (χ1n) is 6.32. The highest BCUT2D eigenvalue weighted by molar-refractivity contribution is 5.94. The van der Waals surface area contributed by atoms with Crippen LogP contribution in [-0.4, -0.2) is 42.0 Å². The maximum Gasteiger partial charge on any atom is 0.317 e. The zero-order chi connectivity index (χ0) is 14.3. The van der Waals surface area contributed by atoms with Crippen LogP contribution in [-0.2, 0) is 11.3 Å². The summed E-state index contributed by atoms with van der Waals surface area (Å²) in [6.45, 7) is 3.27. The topological polar surface area (TPSA) is 69.6 Å². The van der Waals surface area contributed by atoms with Gasteiger partial charge in [0, 0.05) is 19.2 Å². The quantitative estimate of drug-likeness (QED) is 0.805. The van der Waals surface area contributed by atoms with Crippen molar-refractivity contribution in [3.05, 3.63) is 35.4 Å². The van der Waals surface area contributed by atoms with Crippen molar-refractivity contribution in [2.45, 2.75) is 19.9 Å². The zero-order valence-corrected chi connectivity index (χ0v) is 12.6. The molecule has 20 heavy (non-hydrogen) atoms. The van der Waals surface area contributed by atoms with Crippen molar-refractivity contribution in [1.82, 2.24) is 10.2 Å². The number of carbonyl (C=O) groups is 2. The van der Waals surface area contributed by atoms with E-state index >= 15 is 0 Å². The van der Waals surface area contributed by atoms with Crippen LogP contribution >= 0.6 is 12.4 Å². The summed E-state index contributed by atoms with van der Waals surface area (Å²) >= 11 is 0. The number of amides is 1. The SMILES string of the molecule is CCCN(CC(=O)O)Cc1cccc(C(=O)NC)c1.Cl. The summed E-state index contributed by atoms with van der Waals surface area (Å²) in [5, 5.41) is 11.4. The highest BCUT2D eigenvalue weighted by atomic mass is 35.5. The third-order valence-electron chi connectivity index (χ3n) is 2.72. The third-order valence-corrected chi connectivity index (χ3v) is 2.72. The number of hydrogen-bond acceptors (Lipinski definition) is 3. The Kier molecular flexibility index (Phi) is 8.59. The van der Waals surface area contributed by atoms with E-state index in [4.69, 9.17) is 5.11 Å². The average Bonchev–Trinajstić information content (AvgIpc) is 2.37. The van der Waals surface area contributed by atoms with Crippen molar-refractivity contribution in [3.63, 3.8) is 0 Å². The van der Waals surface area contributed by atoms with Gasteiger partial charge in [-0.3, -0.25) is 14.5 Å². The van der Waals surface area contributed by atoms with E-state index in [1.807, 2.05) is 24.0 Å². The van der Waals surface area contributed by atoms with Crippen LogP contribution in [0, 0.1) is 0 Å². The number of carboxylic acid groups (broad SMARTS) is 1. The Hall–Kier alpha value is -1.59. The first-order chi connectivity index (χ1) is 9.06. The molecular formula is C14H21ClN2O3. The maximum absolute atomic E-state index is 11.5. The Morgan fingerprint density at radius 3 is 2.60 bits per heavy atom. The van der Waals surface area contributed by atoms with Gasteiger partial charge in [-0.25, -0.2) is 0 Å². The van der Waals surface area contributed by atoms with Crippen molar-refractivity contribution in [2.24, 2.45) is 0 Å². The van der Waals surface area contributed by atoms with E-state index in [0.717, 1.165) is 18.5 Å². The molecular weight excluding hydrogens is 280 g/mol. The lowest BCUT2D eigenvalue weighted by Crippen LogP contribution is -2.30. The van der Waals surface area contributed by atoms with Gasteiger partial charge in [0.05, 0.1) is 6.54 Å². The predicted molar refractivity (Wildman–Crippen MR) is 80.3 cm³/mol. The molecule has 2 N–H and O–H groups in total. The molecule has 1 rings (SSSR count). The van der Waals surface area contributed by atoms with Gasteiger partial charge in [-0.15, -0.1) is 12.4 Å². The monoisotopic (exact) mass is 300 g/mol.